The van der Waals surface area contributed by atoms with E-state index in [-0.39, 0.29) is 0 Å². The van der Waals surface area contributed by atoms with E-state index in [0.29, 0.717) is 5.56 Å². The maximum atomic E-state index is 15.6. The first-order valence-electron chi connectivity index (χ1n) is 22.6. The summed E-state index contributed by atoms with van der Waals surface area (Å²) in [6.07, 6.45) is 0. The van der Waals surface area contributed by atoms with Gasteiger partial charge in [0.1, 0.15) is 11.5 Å². The van der Waals surface area contributed by atoms with Crippen LogP contribution >= 0.6 is 7.14 Å². The highest BCUT2D eigenvalue weighted by Gasteiger charge is 2.51. The van der Waals surface area contributed by atoms with Crippen molar-refractivity contribution < 1.29 is 9.30 Å². The fraction of sp³-hybridized carbons (Fsp3) is 0.0161. The van der Waals surface area contributed by atoms with Gasteiger partial charge in [0.25, 0.3) is 0 Å². The fourth-order valence-corrected chi connectivity index (χ4v) is 13.7. The van der Waals surface area contributed by atoms with Crippen LogP contribution in [0, 0.1) is 11.3 Å². The SMILES string of the molecule is N#Cc1ccc2c(c1)c1cc(-c3ccc4c(c3)C3(c5cc(-c6cccc(P(=O)(c7ccccc7)c7ccccc7)c6)ccc5O4)c4ccccc4-c4ccccc43)ccc1n2-c1ccccc1. The maximum Gasteiger partial charge on any atom is 0.171 e. The Morgan fingerprint density at radius 3 is 1.49 bits per heavy atom. The first-order chi connectivity index (χ1) is 33.0. The molecular formula is C62H39N2O2P. The second-order valence-electron chi connectivity index (χ2n) is 17.4. The van der Waals surface area contributed by atoms with Gasteiger partial charge in [0.05, 0.1) is 28.1 Å². The van der Waals surface area contributed by atoms with Gasteiger partial charge >= 0.3 is 0 Å². The molecule has 0 fully saturated rings. The molecular weight excluding hydrogens is 836 g/mol. The van der Waals surface area contributed by atoms with Gasteiger partial charge in [-0.05, 0) is 117 Å². The normalized spacial score (nSPS) is 13.1. The van der Waals surface area contributed by atoms with Crippen molar-refractivity contribution in [1.29, 1.82) is 5.26 Å². The number of hydrogen-bond acceptors (Lipinski definition) is 3. The lowest BCUT2D eigenvalue weighted by Crippen LogP contribution is -2.32. The van der Waals surface area contributed by atoms with Gasteiger partial charge < -0.3 is 13.9 Å². The Kier molecular flexibility index (Phi) is 8.74. The minimum Gasteiger partial charge on any atom is -0.457 e. The number of fused-ring (bicyclic) bond motifs is 12. The van der Waals surface area contributed by atoms with E-state index in [1.54, 1.807) is 0 Å². The molecule has 0 N–H and O–H groups in total. The van der Waals surface area contributed by atoms with E-state index >= 15 is 4.57 Å². The van der Waals surface area contributed by atoms with E-state index in [1.165, 1.54) is 22.3 Å². The van der Waals surface area contributed by atoms with Crippen molar-refractivity contribution in [3.63, 3.8) is 0 Å². The lowest BCUT2D eigenvalue weighted by Gasteiger charge is -2.40. The number of rotatable bonds is 6. The van der Waals surface area contributed by atoms with E-state index < -0.39 is 12.6 Å². The number of hydrogen-bond donors (Lipinski definition) is 0. The van der Waals surface area contributed by atoms with Crippen LogP contribution in [0.3, 0.4) is 0 Å². The number of nitrogens with zero attached hydrogens (tertiary/aromatic N) is 2. The van der Waals surface area contributed by atoms with Crippen LogP contribution in [0.5, 0.6) is 11.5 Å². The second kappa shape index (κ2) is 15.0. The zero-order valence-electron chi connectivity index (χ0n) is 36.2. The first-order valence-corrected chi connectivity index (χ1v) is 24.3. The van der Waals surface area contributed by atoms with Gasteiger partial charge in [-0.25, -0.2) is 0 Å². The van der Waals surface area contributed by atoms with Crippen molar-refractivity contribution >= 4 is 44.9 Å². The number of benzene rings is 10. The molecule has 0 amide bonds. The lowest BCUT2D eigenvalue weighted by atomic mass is 9.65. The van der Waals surface area contributed by atoms with Crippen molar-refractivity contribution in [2.45, 2.75) is 5.41 Å². The van der Waals surface area contributed by atoms with Crippen LogP contribution in [0.25, 0.3) is 60.9 Å². The highest BCUT2D eigenvalue weighted by atomic mass is 31.2. The maximum absolute atomic E-state index is 15.6. The minimum atomic E-state index is -3.23. The predicted octanol–water partition coefficient (Wildman–Crippen LogP) is 14.1. The summed E-state index contributed by atoms with van der Waals surface area (Å²) in [5, 5.41) is 14.5. The van der Waals surface area contributed by atoms with Crippen LogP contribution < -0.4 is 20.7 Å². The molecule has 67 heavy (non-hydrogen) atoms. The first kappa shape index (κ1) is 38.9. The molecule has 11 aromatic rings. The smallest absolute Gasteiger partial charge is 0.171 e. The van der Waals surface area contributed by atoms with Crippen molar-refractivity contribution in [1.82, 2.24) is 4.57 Å². The fourth-order valence-electron chi connectivity index (χ4n) is 11.0. The van der Waals surface area contributed by atoms with Gasteiger partial charge in [-0.3, -0.25) is 0 Å². The Balaban J connectivity index is 1.02. The molecule has 1 aliphatic heterocycles. The van der Waals surface area contributed by atoms with E-state index in [4.69, 9.17) is 4.74 Å². The topological polar surface area (TPSA) is 55.0 Å². The van der Waals surface area contributed by atoms with Crippen molar-refractivity contribution in [3.05, 3.63) is 264 Å². The summed E-state index contributed by atoms with van der Waals surface area (Å²) in [6.45, 7) is 0. The van der Waals surface area contributed by atoms with E-state index in [1.807, 2.05) is 91.0 Å². The molecule has 0 unspecified atom stereocenters. The quantitative estimate of drug-likeness (QED) is 0.156. The Hall–Kier alpha value is -8.48. The van der Waals surface area contributed by atoms with Crippen molar-refractivity contribution in [2.75, 3.05) is 0 Å². The predicted molar refractivity (Wildman–Crippen MR) is 273 cm³/mol. The highest BCUT2D eigenvalue weighted by molar-refractivity contribution is 7.85. The van der Waals surface area contributed by atoms with Gasteiger partial charge in [0, 0.05) is 43.5 Å². The van der Waals surface area contributed by atoms with Gasteiger partial charge in [-0.2, -0.15) is 5.26 Å². The van der Waals surface area contributed by atoms with Gasteiger partial charge in [-0.15, -0.1) is 0 Å². The summed E-state index contributed by atoms with van der Waals surface area (Å²) in [5.41, 5.74) is 14.1. The Morgan fingerprint density at radius 1 is 0.418 bits per heavy atom. The van der Waals surface area contributed by atoms with Gasteiger partial charge in [0.2, 0.25) is 0 Å². The average molecular weight is 875 g/mol. The third kappa shape index (κ3) is 5.76. The minimum absolute atomic E-state index is 0.627. The van der Waals surface area contributed by atoms with Crippen LogP contribution in [0.1, 0.15) is 27.8 Å². The summed E-state index contributed by atoms with van der Waals surface area (Å²) in [5.74, 6) is 1.61. The third-order valence-corrected chi connectivity index (χ3v) is 17.0. The van der Waals surface area contributed by atoms with Crippen LogP contribution in [-0.2, 0) is 9.98 Å². The van der Waals surface area contributed by atoms with Crippen LogP contribution in [0.15, 0.2) is 237 Å². The zero-order chi connectivity index (χ0) is 44.7. The second-order valence-corrected chi connectivity index (χ2v) is 20.2. The molecule has 1 aromatic heterocycles. The van der Waals surface area contributed by atoms with Crippen LogP contribution in [0.2, 0.25) is 0 Å². The third-order valence-electron chi connectivity index (χ3n) is 14.0. The average Bonchev–Trinajstić information content (AvgIpc) is 3.89. The number of nitriles is 1. The number of para-hydroxylation sites is 1. The monoisotopic (exact) mass is 874 g/mol. The molecule has 1 aliphatic carbocycles. The number of ether oxygens (including phenoxy) is 1. The molecule has 0 saturated heterocycles. The highest BCUT2D eigenvalue weighted by Crippen LogP contribution is 2.63. The van der Waals surface area contributed by atoms with Crippen molar-refractivity contribution in [3.8, 4) is 56.6 Å². The van der Waals surface area contributed by atoms with E-state index in [9.17, 15) is 5.26 Å². The molecule has 4 nitrogen and oxygen atoms in total. The molecule has 0 bridgehead atoms. The summed E-state index contributed by atoms with van der Waals surface area (Å²) >= 11 is 0. The Labute approximate surface area is 388 Å². The molecule has 0 saturated carbocycles. The molecule has 5 heteroatoms. The Bertz CT molecular complexity index is 3800. The van der Waals surface area contributed by atoms with Crippen molar-refractivity contribution in [2.24, 2.45) is 0 Å². The largest absolute Gasteiger partial charge is 0.457 e. The zero-order valence-corrected chi connectivity index (χ0v) is 37.1. The molecule has 314 valence electrons. The molecule has 0 atom stereocenters. The summed E-state index contributed by atoms with van der Waals surface area (Å²) in [6, 6.07) is 84.2. The van der Waals surface area contributed by atoms with Crippen LogP contribution in [-0.4, -0.2) is 4.57 Å². The summed E-state index contributed by atoms with van der Waals surface area (Å²) in [4.78, 5) is 0. The van der Waals surface area contributed by atoms with E-state index in [0.717, 1.165) is 88.3 Å². The molecule has 13 rings (SSSR count). The summed E-state index contributed by atoms with van der Waals surface area (Å²) in [7, 11) is -3.23. The van der Waals surface area contributed by atoms with Gasteiger partial charge in [0.15, 0.2) is 7.14 Å². The summed E-state index contributed by atoms with van der Waals surface area (Å²) < 4.78 is 24.9. The van der Waals surface area contributed by atoms with Crippen LogP contribution in [0.4, 0.5) is 0 Å². The molecule has 2 heterocycles. The molecule has 0 radical (unpaired) electrons. The number of aromatic nitrogens is 1. The molecule has 1 spiro atoms. The molecule has 2 aliphatic rings. The Morgan fingerprint density at radius 2 is 0.896 bits per heavy atom. The lowest BCUT2D eigenvalue weighted by molar-refractivity contribution is 0.436. The van der Waals surface area contributed by atoms with Gasteiger partial charge in [-0.1, -0.05) is 164 Å². The molecule has 10 aromatic carbocycles. The van der Waals surface area contributed by atoms with E-state index in [2.05, 4.69) is 156 Å². The standard InChI is InChI=1S/C62H39N2O2P/c63-40-41-27-31-58-52(35-41)53-37-43(28-32-59(53)64(58)46-16-4-1-5-17-46)45-30-34-61-57(39-45)62(54-25-12-10-23-50(54)51-24-11-13-26-55(51)62)56-38-44(29-33-60(56)66-61)42-15-14-22-49(36-42)67(65,47-18-6-2-7-19-47)48-20-8-3-9-21-48/h1-39H.